The van der Waals surface area contributed by atoms with E-state index >= 15 is 0 Å². The Kier molecular flexibility index (Phi) is 7.22. The van der Waals surface area contributed by atoms with Gasteiger partial charge in [0, 0.05) is 12.1 Å². The van der Waals surface area contributed by atoms with E-state index in [0.29, 0.717) is 31.5 Å². The maximum Gasteiger partial charge on any atom is 0.226 e. The molecular formula is C22H25FN4O2. The summed E-state index contributed by atoms with van der Waals surface area (Å²) in [6, 6.07) is 16.1. The molecule has 0 saturated heterocycles. The molecule has 2 aromatic carbocycles. The number of para-hydroxylation sites is 1. The zero-order chi connectivity index (χ0) is 20.5. The van der Waals surface area contributed by atoms with Gasteiger partial charge in [-0.1, -0.05) is 30.3 Å². The monoisotopic (exact) mass is 396 g/mol. The van der Waals surface area contributed by atoms with Crippen LogP contribution in [0, 0.1) is 5.82 Å². The maximum absolute atomic E-state index is 13.7. The summed E-state index contributed by atoms with van der Waals surface area (Å²) in [5.74, 6) is 1.06. The summed E-state index contributed by atoms with van der Waals surface area (Å²) in [5.41, 5.74) is 1.66. The van der Waals surface area contributed by atoms with E-state index in [1.807, 2.05) is 44.2 Å². The number of rotatable bonds is 8. The summed E-state index contributed by atoms with van der Waals surface area (Å²) in [6.45, 7) is 5.40. The van der Waals surface area contributed by atoms with Crippen molar-refractivity contribution in [3.05, 3.63) is 72.4 Å². The molecule has 1 aromatic heterocycles. The number of benzene rings is 2. The van der Waals surface area contributed by atoms with E-state index in [9.17, 15) is 4.39 Å². The number of hydrogen-bond donors (Lipinski definition) is 2. The van der Waals surface area contributed by atoms with E-state index in [4.69, 9.17) is 9.15 Å². The normalized spacial score (nSPS) is 12.4. The van der Waals surface area contributed by atoms with E-state index in [-0.39, 0.29) is 17.7 Å². The fraction of sp³-hybridized carbons (Fsp3) is 0.273. The number of oxazole rings is 1. The van der Waals surface area contributed by atoms with Gasteiger partial charge in [-0.2, -0.15) is 0 Å². The fourth-order valence-electron chi connectivity index (χ4n) is 2.63. The highest BCUT2D eigenvalue weighted by molar-refractivity contribution is 5.79. The molecule has 0 radical (unpaired) electrons. The Hall–Kier alpha value is -3.35. The Morgan fingerprint density at radius 1 is 1.14 bits per heavy atom. The van der Waals surface area contributed by atoms with Crippen molar-refractivity contribution in [1.29, 1.82) is 0 Å². The Morgan fingerprint density at radius 3 is 2.66 bits per heavy atom. The van der Waals surface area contributed by atoms with Gasteiger partial charge in [0.2, 0.25) is 5.89 Å². The molecule has 0 aliphatic carbocycles. The van der Waals surface area contributed by atoms with Gasteiger partial charge in [0.05, 0.1) is 13.1 Å². The summed E-state index contributed by atoms with van der Waals surface area (Å²) in [7, 11) is 0. The Labute approximate surface area is 169 Å². The lowest BCUT2D eigenvalue weighted by Gasteiger charge is -2.17. The van der Waals surface area contributed by atoms with E-state index in [1.165, 1.54) is 6.07 Å². The molecule has 3 rings (SSSR count). The molecule has 0 aliphatic heterocycles. The predicted octanol–water partition coefficient (Wildman–Crippen LogP) is 4.00. The predicted molar refractivity (Wildman–Crippen MR) is 111 cm³/mol. The number of ether oxygens (including phenoxy) is 1. The molecule has 2 N–H and O–H groups in total. The van der Waals surface area contributed by atoms with Gasteiger partial charge in [-0.15, -0.1) is 0 Å². The highest BCUT2D eigenvalue weighted by atomic mass is 19.1. The van der Waals surface area contributed by atoms with Gasteiger partial charge in [0.25, 0.3) is 0 Å². The van der Waals surface area contributed by atoms with Gasteiger partial charge < -0.3 is 19.8 Å². The minimum absolute atomic E-state index is 0.236. The first-order valence-electron chi connectivity index (χ1n) is 9.59. The molecule has 0 saturated carbocycles. The standard InChI is InChI=1S/C22H25FN4O2/c1-3-24-22(25-13-16(2)29-20-12-8-7-11-19(20)23)26-14-18-15-28-21(27-18)17-9-5-4-6-10-17/h4-12,15-16H,3,13-14H2,1-2H3,(H2,24,25,26). The van der Waals surface area contributed by atoms with Gasteiger partial charge in [-0.25, -0.2) is 14.4 Å². The summed E-state index contributed by atoms with van der Waals surface area (Å²) in [4.78, 5) is 9.01. The number of guanidine groups is 1. The Balaban J connectivity index is 1.56. The minimum atomic E-state index is -0.375. The summed E-state index contributed by atoms with van der Waals surface area (Å²) < 4.78 is 24.9. The third-order valence-corrected chi connectivity index (χ3v) is 4.04. The topological polar surface area (TPSA) is 71.7 Å². The maximum atomic E-state index is 13.7. The number of hydrogen-bond acceptors (Lipinski definition) is 4. The second-order valence-corrected chi connectivity index (χ2v) is 6.44. The summed E-state index contributed by atoms with van der Waals surface area (Å²) in [5, 5.41) is 6.37. The zero-order valence-electron chi connectivity index (χ0n) is 16.6. The van der Waals surface area contributed by atoms with E-state index in [0.717, 1.165) is 11.3 Å². The van der Waals surface area contributed by atoms with Crippen molar-refractivity contribution in [3.63, 3.8) is 0 Å². The molecule has 1 heterocycles. The van der Waals surface area contributed by atoms with Crippen LogP contribution in [0.5, 0.6) is 5.75 Å². The smallest absolute Gasteiger partial charge is 0.226 e. The van der Waals surface area contributed by atoms with Crippen molar-refractivity contribution in [2.24, 2.45) is 4.99 Å². The first-order chi connectivity index (χ1) is 14.2. The number of aliphatic imine (C=N–C) groups is 1. The minimum Gasteiger partial charge on any atom is -0.486 e. The molecule has 0 spiro atoms. The van der Waals surface area contributed by atoms with Crippen LogP contribution in [0.25, 0.3) is 11.5 Å². The number of halogens is 1. The van der Waals surface area contributed by atoms with Crippen molar-refractivity contribution in [2.45, 2.75) is 26.5 Å². The quantitative estimate of drug-likeness (QED) is 0.445. The first kappa shape index (κ1) is 20.4. The van der Waals surface area contributed by atoms with Crippen LogP contribution in [0.3, 0.4) is 0 Å². The van der Waals surface area contributed by atoms with Crippen LogP contribution in [-0.4, -0.2) is 30.1 Å². The van der Waals surface area contributed by atoms with Gasteiger partial charge in [0.15, 0.2) is 17.5 Å². The highest BCUT2D eigenvalue weighted by Crippen LogP contribution is 2.18. The Morgan fingerprint density at radius 2 is 1.90 bits per heavy atom. The molecule has 3 aromatic rings. The van der Waals surface area contributed by atoms with Crippen LogP contribution in [0.2, 0.25) is 0 Å². The van der Waals surface area contributed by atoms with Crippen molar-refractivity contribution in [3.8, 4) is 17.2 Å². The van der Waals surface area contributed by atoms with Gasteiger partial charge >= 0.3 is 0 Å². The molecule has 1 atom stereocenters. The van der Waals surface area contributed by atoms with Crippen LogP contribution in [0.4, 0.5) is 4.39 Å². The molecular weight excluding hydrogens is 371 g/mol. The van der Waals surface area contributed by atoms with E-state index < -0.39 is 0 Å². The lowest BCUT2D eigenvalue weighted by atomic mass is 10.2. The summed E-state index contributed by atoms with van der Waals surface area (Å²) in [6.07, 6.45) is 1.37. The highest BCUT2D eigenvalue weighted by Gasteiger charge is 2.10. The van der Waals surface area contributed by atoms with Crippen molar-refractivity contribution >= 4 is 5.96 Å². The summed E-state index contributed by atoms with van der Waals surface area (Å²) >= 11 is 0. The third-order valence-electron chi connectivity index (χ3n) is 4.04. The number of nitrogens with zero attached hydrogens (tertiary/aromatic N) is 2. The lowest BCUT2D eigenvalue weighted by molar-refractivity contribution is 0.214. The largest absolute Gasteiger partial charge is 0.486 e. The van der Waals surface area contributed by atoms with E-state index in [2.05, 4.69) is 20.6 Å². The average Bonchev–Trinajstić information content (AvgIpc) is 3.21. The molecule has 6 nitrogen and oxygen atoms in total. The van der Waals surface area contributed by atoms with E-state index in [1.54, 1.807) is 24.5 Å². The van der Waals surface area contributed by atoms with Crippen LogP contribution in [0.1, 0.15) is 19.5 Å². The first-order valence-corrected chi connectivity index (χ1v) is 9.59. The van der Waals surface area contributed by atoms with Crippen molar-refractivity contribution in [2.75, 3.05) is 13.1 Å². The van der Waals surface area contributed by atoms with Crippen LogP contribution < -0.4 is 15.4 Å². The number of nitrogens with one attached hydrogen (secondary N) is 2. The molecule has 0 fully saturated rings. The van der Waals surface area contributed by atoms with Gasteiger partial charge in [0.1, 0.15) is 18.1 Å². The second-order valence-electron chi connectivity index (χ2n) is 6.44. The molecule has 152 valence electrons. The fourth-order valence-corrected chi connectivity index (χ4v) is 2.63. The SMILES string of the molecule is CCNC(=NCc1coc(-c2ccccc2)n1)NCC(C)Oc1ccccc1F. The van der Waals surface area contributed by atoms with Crippen molar-refractivity contribution in [1.82, 2.24) is 15.6 Å². The zero-order valence-corrected chi connectivity index (χ0v) is 16.6. The molecule has 0 amide bonds. The number of aromatic nitrogens is 1. The molecule has 7 heteroatoms. The molecule has 1 unspecified atom stereocenters. The molecule has 29 heavy (non-hydrogen) atoms. The lowest BCUT2D eigenvalue weighted by Crippen LogP contribution is -2.41. The van der Waals surface area contributed by atoms with Crippen LogP contribution in [0.15, 0.2) is 70.3 Å². The molecule has 0 aliphatic rings. The van der Waals surface area contributed by atoms with Gasteiger partial charge in [-0.05, 0) is 38.1 Å². The van der Waals surface area contributed by atoms with Gasteiger partial charge in [-0.3, -0.25) is 0 Å². The Bertz CT molecular complexity index is 927. The average molecular weight is 396 g/mol. The third kappa shape index (κ3) is 6.07. The molecule has 0 bridgehead atoms. The second kappa shape index (κ2) is 10.3. The van der Waals surface area contributed by atoms with Crippen LogP contribution in [-0.2, 0) is 6.54 Å². The van der Waals surface area contributed by atoms with Crippen molar-refractivity contribution < 1.29 is 13.5 Å². The van der Waals surface area contributed by atoms with Crippen LogP contribution >= 0.6 is 0 Å².